The van der Waals surface area contributed by atoms with E-state index in [2.05, 4.69) is 40.9 Å². The zero-order valence-corrected chi connectivity index (χ0v) is 6.41. The summed E-state index contributed by atoms with van der Waals surface area (Å²) in [5.74, 6) is 0. The maximum absolute atomic E-state index is 4.05. The van der Waals surface area contributed by atoms with E-state index in [1.54, 1.807) is 0 Å². The fraction of sp³-hybridized carbons (Fsp3) is 0. The average Bonchev–Trinajstić information content (AvgIpc) is 2.06. The van der Waals surface area contributed by atoms with E-state index in [9.17, 15) is 0 Å². The molecule has 0 aliphatic rings. The van der Waals surface area contributed by atoms with Crippen LogP contribution >= 0.6 is 0 Å². The molecule has 0 saturated carbocycles. The molecule has 48 valence electrons. The topological polar surface area (TPSA) is 12.9 Å². The van der Waals surface area contributed by atoms with Gasteiger partial charge in [0.1, 0.15) is 0 Å². The number of pyridine rings is 1. The first-order chi connectivity index (χ1) is 5.38. The van der Waals surface area contributed by atoms with Crippen molar-refractivity contribution in [1.29, 1.82) is 0 Å². The molecule has 1 nitrogen and oxygen atoms in total. The molecule has 2 aromatic rings. The monoisotopic (exact) mass is 135 g/mol. The molecular formula is C9H6LiN. The number of benzene rings is 1. The molecule has 0 aliphatic heterocycles. The third kappa shape index (κ3) is 1.18. The van der Waals surface area contributed by atoms with Crippen LogP contribution in [-0.2, 0) is 0 Å². The second kappa shape index (κ2) is 2.69. The van der Waals surface area contributed by atoms with Crippen molar-refractivity contribution in [3.8, 4) is 0 Å². The number of hydrogen-bond donors (Lipinski definition) is 0. The zero-order chi connectivity index (χ0) is 7.68. The van der Waals surface area contributed by atoms with Crippen molar-refractivity contribution in [1.82, 2.24) is 4.98 Å². The van der Waals surface area contributed by atoms with Gasteiger partial charge in [0.15, 0.2) is 0 Å². The van der Waals surface area contributed by atoms with Crippen molar-refractivity contribution in [3.63, 3.8) is 0 Å². The van der Waals surface area contributed by atoms with Crippen molar-refractivity contribution < 1.29 is 0 Å². The Morgan fingerprint density at radius 2 is 2.09 bits per heavy atom. The van der Waals surface area contributed by atoms with Crippen molar-refractivity contribution in [2.45, 2.75) is 0 Å². The Hall–Kier alpha value is -0.773. The third-order valence-electron chi connectivity index (χ3n) is 1.90. The number of hydrogen-bond acceptors (Lipinski definition) is 1. The van der Waals surface area contributed by atoms with Crippen LogP contribution in [0.5, 0.6) is 0 Å². The van der Waals surface area contributed by atoms with E-state index in [1.807, 2.05) is 18.5 Å². The van der Waals surface area contributed by atoms with Gasteiger partial charge in [-0.2, -0.15) is 0 Å². The van der Waals surface area contributed by atoms with Crippen LogP contribution in [0.2, 0.25) is 0 Å². The van der Waals surface area contributed by atoms with E-state index in [4.69, 9.17) is 0 Å². The van der Waals surface area contributed by atoms with Gasteiger partial charge in [0.2, 0.25) is 0 Å². The molecule has 0 amide bonds. The second-order valence-corrected chi connectivity index (χ2v) is 2.67. The van der Waals surface area contributed by atoms with Crippen LogP contribution in [0, 0.1) is 0 Å². The number of nitrogens with zero attached hydrogens (tertiary/aromatic N) is 1. The fourth-order valence-electron chi connectivity index (χ4n) is 1.28. The fourth-order valence-corrected chi connectivity index (χ4v) is 1.28. The molecule has 0 bridgehead atoms. The normalized spacial score (nSPS) is 10.4. The van der Waals surface area contributed by atoms with Gasteiger partial charge in [-0.15, -0.1) is 0 Å². The molecule has 11 heavy (non-hydrogen) atoms. The molecule has 0 atom stereocenters. The summed E-state index contributed by atoms with van der Waals surface area (Å²) in [5, 5.41) is 2.51. The van der Waals surface area contributed by atoms with Gasteiger partial charge in [-0.3, -0.25) is 0 Å². The molecule has 0 N–H and O–H groups in total. The Labute approximate surface area is 74.7 Å². The predicted octanol–water partition coefficient (Wildman–Crippen LogP) is 1.03. The summed E-state index contributed by atoms with van der Waals surface area (Å²) in [5.41, 5.74) is 0. The summed E-state index contributed by atoms with van der Waals surface area (Å²) in [6, 6.07) is 8.29. The first-order valence-corrected chi connectivity index (χ1v) is 3.67. The van der Waals surface area contributed by atoms with E-state index < -0.39 is 0 Å². The van der Waals surface area contributed by atoms with Crippen LogP contribution in [0.25, 0.3) is 10.8 Å². The zero-order valence-electron chi connectivity index (χ0n) is 6.41. The van der Waals surface area contributed by atoms with Gasteiger partial charge in [-0.05, 0) is 0 Å². The molecule has 0 spiro atoms. The van der Waals surface area contributed by atoms with Gasteiger partial charge in [0.05, 0.1) is 0 Å². The first-order valence-electron chi connectivity index (χ1n) is 3.67. The molecule has 1 heterocycles. The molecule has 1 aromatic carbocycles. The Kier molecular flexibility index (Phi) is 1.69. The van der Waals surface area contributed by atoms with E-state index in [-0.39, 0.29) is 0 Å². The van der Waals surface area contributed by atoms with Crippen molar-refractivity contribution in [2.75, 3.05) is 0 Å². The molecule has 0 radical (unpaired) electrons. The van der Waals surface area contributed by atoms with Gasteiger partial charge >= 0.3 is 74.4 Å². The van der Waals surface area contributed by atoms with Crippen LogP contribution in [-0.4, -0.2) is 22.7 Å². The summed E-state index contributed by atoms with van der Waals surface area (Å²) < 4.78 is 1.31. The first kappa shape index (κ1) is 6.91. The van der Waals surface area contributed by atoms with Crippen LogP contribution in [0.15, 0.2) is 36.7 Å². The molecular weight excluding hydrogens is 129 g/mol. The van der Waals surface area contributed by atoms with Gasteiger partial charge in [-0.25, -0.2) is 0 Å². The number of fused-ring (bicyclic) bond motifs is 1. The van der Waals surface area contributed by atoms with Crippen LogP contribution in [0.1, 0.15) is 0 Å². The Bertz CT molecular complexity index is 379. The number of aromatic nitrogens is 1. The second-order valence-electron chi connectivity index (χ2n) is 2.67. The molecule has 0 unspecified atom stereocenters. The van der Waals surface area contributed by atoms with E-state index in [0.717, 1.165) is 0 Å². The summed E-state index contributed by atoms with van der Waals surface area (Å²) in [6.45, 7) is 0. The minimum atomic E-state index is 1.22. The van der Waals surface area contributed by atoms with Crippen LogP contribution in [0.3, 0.4) is 0 Å². The van der Waals surface area contributed by atoms with Crippen LogP contribution < -0.4 is 4.24 Å². The third-order valence-corrected chi connectivity index (χ3v) is 1.90. The SMILES string of the molecule is [Li][c]1cccc2cnccc12. The average molecular weight is 135 g/mol. The summed E-state index contributed by atoms with van der Waals surface area (Å²) >= 11 is 2.11. The summed E-state index contributed by atoms with van der Waals surface area (Å²) in [6.07, 6.45) is 3.72. The van der Waals surface area contributed by atoms with Gasteiger partial charge < -0.3 is 0 Å². The summed E-state index contributed by atoms with van der Waals surface area (Å²) in [4.78, 5) is 4.05. The molecule has 0 saturated heterocycles. The van der Waals surface area contributed by atoms with Gasteiger partial charge in [0.25, 0.3) is 0 Å². The molecule has 0 aliphatic carbocycles. The minimum absolute atomic E-state index is 1.22. The van der Waals surface area contributed by atoms with Crippen molar-refractivity contribution in [2.24, 2.45) is 0 Å². The van der Waals surface area contributed by atoms with E-state index in [0.29, 0.717) is 0 Å². The Balaban J connectivity index is 2.91. The van der Waals surface area contributed by atoms with Crippen LogP contribution in [0.4, 0.5) is 0 Å². The van der Waals surface area contributed by atoms with Gasteiger partial charge in [-0.1, -0.05) is 0 Å². The van der Waals surface area contributed by atoms with Gasteiger partial charge in [0, 0.05) is 0 Å². The van der Waals surface area contributed by atoms with E-state index >= 15 is 0 Å². The molecule has 0 fully saturated rings. The van der Waals surface area contributed by atoms with Crippen molar-refractivity contribution >= 4 is 32.7 Å². The maximum atomic E-state index is 4.05. The standard InChI is InChI=1S/C9H6N.Li/c1-2-4-9-7-10-6-5-8(9)3-1;/h1-2,4-7H;. The molecule has 2 rings (SSSR count). The summed E-state index contributed by atoms with van der Waals surface area (Å²) in [7, 11) is 0. The Morgan fingerprint density at radius 1 is 1.18 bits per heavy atom. The van der Waals surface area contributed by atoms with E-state index in [1.165, 1.54) is 15.0 Å². The Morgan fingerprint density at radius 3 is 2.91 bits per heavy atom. The quantitative estimate of drug-likeness (QED) is 0.491. The molecule has 1 aromatic heterocycles. The number of rotatable bonds is 0. The van der Waals surface area contributed by atoms with Crippen molar-refractivity contribution in [3.05, 3.63) is 36.7 Å². The molecule has 2 heteroatoms. The predicted molar refractivity (Wildman–Crippen MR) is 47.1 cm³/mol.